The molecule has 0 rings (SSSR count). The van der Waals surface area contributed by atoms with E-state index in [4.69, 9.17) is 14.9 Å². The molecule has 2 N–H and O–H groups in total. The van der Waals surface area contributed by atoms with E-state index >= 15 is 0 Å². The molecule has 1 unspecified atom stereocenters. The van der Waals surface area contributed by atoms with Crippen LogP contribution >= 0.6 is 0 Å². The molecule has 0 aromatic carbocycles. The van der Waals surface area contributed by atoms with E-state index in [0.29, 0.717) is 12.8 Å². The van der Waals surface area contributed by atoms with Gasteiger partial charge in [0.25, 0.3) is 0 Å². The Balaban J connectivity index is 4.35. The van der Waals surface area contributed by atoms with Crippen molar-refractivity contribution in [3.05, 3.63) is 0 Å². The van der Waals surface area contributed by atoms with E-state index in [1.807, 2.05) is 6.92 Å². The normalized spacial score (nSPS) is 15.1. The number of hydrogen-bond donors (Lipinski definition) is 2. The minimum absolute atomic E-state index is 0.0872. The van der Waals surface area contributed by atoms with E-state index in [1.54, 1.807) is 6.92 Å². The second-order valence-corrected chi connectivity index (χ2v) is 3.33. The molecular formula is C10H20O4. The monoisotopic (exact) mass is 204 g/mol. The van der Waals surface area contributed by atoms with Crippen molar-refractivity contribution in [2.75, 3.05) is 13.2 Å². The summed E-state index contributed by atoms with van der Waals surface area (Å²) in [4.78, 5) is 11.1. The van der Waals surface area contributed by atoms with Crippen LogP contribution in [0.4, 0.5) is 0 Å². The van der Waals surface area contributed by atoms with Crippen LogP contribution in [0.5, 0.6) is 0 Å². The van der Waals surface area contributed by atoms with Gasteiger partial charge in [-0.25, -0.2) is 4.79 Å². The smallest absolute Gasteiger partial charge is 0.335 e. The molecule has 0 aliphatic rings. The molecule has 0 aliphatic heterocycles. The number of ether oxygens (including phenoxy) is 1. The lowest BCUT2D eigenvalue weighted by Crippen LogP contribution is -2.41. The summed E-state index contributed by atoms with van der Waals surface area (Å²) in [6.07, 6.45) is 2.71. The van der Waals surface area contributed by atoms with Crippen molar-refractivity contribution in [1.29, 1.82) is 0 Å². The number of carboxylic acids is 1. The largest absolute Gasteiger partial charge is 0.479 e. The standard InChI is InChI=1S/C10H20O4/c1-3-5-6-10(4-2,9(12)13)14-8-7-11/h11H,3-8H2,1-2H3,(H,12,13). The van der Waals surface area contributed by atoms with Gasteiger partial charge in [-0.15, -0.1) is 0 Å². The first-order chi connectivity index (χ1) is 6.63. The van der Waals surface area contributed by atoms with Crippen LogP contribution < -0.4 is 0 Å². The van der Waals surface area contributed by atoms with Gasteiger partial charge in [0.2, 0.25) is 0 Å². The topological polar surface area (TPSA) is 66.8 Å². The highest BCUT2D eigenvalue weighted by atomic mass is 16.5. The maximum Gasteiger partial charge on any atom is 0.335 e. The van der Waals surface area contributed by atoms with Crippen LogP contribution in [0.15, 0.2) is 0 Å². The van der Waals surface area contributed by atoms with E-state index in [1.165, 1.54) is 0 Å². The summed E-state index contributed by atoms with van der Waals surface area (Å²) >= 11 is 0. The van der Waals surface area contributed by atoms with Gasteiger partial charge in [-0.3, -0.25) is 0 Å². The minimum atomic E-state index is -1.10. The van der Waals surface area contributed by atoms with E-state index in [-0.39, 0.29) is 13.2 Å². The van der Waals surface area contributed by atoms with Gasteiger partial charge >= 0.3 is 5.97 Å². The van der Waals surface area contributed by atoms with Gasteiger partial charge < -0.3 is 14.9 Å². The summed E-state index contributed by atoms with van der Waals surface area (Å²) < 4.78 is 5.24. The molecule has 0 saturated carbocycles. The molecule has 0 aromatic rings. The second-order valence-electron chi connectivity index (χ2n) is 3.33. The Hall–Kier alpha value is -0.610. The van der Waals surface area contributed by atoms with Crippen LogP contribution in [0.1, 0.15) is 39.5 Å². The van der Waals surface area contributed by atoms with Crippen LogP contribution in [0.25, 0.3) is 0 Å². The van der Waals surface area contributed by atoms with Crippen molar-refractivity contribution in [1.82, 2.24) is 0 Å². The zero-order chi connectivity index (χ0) is 11.0. The number of aliphatic carboxylic acids is 1. The molecule has 0 amide bonds. The van der Waals surface area contributed by atoms with Gasteiger partial charge in [-0.1, -0.05) is 26.7 Å². The van der Waals surface area contributed by atoms with Crippen LogP contribution in [0.3, 0.4) is 0 Å². The molecule has 14 heavy (non-hydrogen) atoms. The lowest BCUT2D eigenvalue weighted by Gasteiger charge is -2.28. The zero-order valence-electron chi connectivity index (χ0n) is 8.95. The summed E-state index contributed by atoms with van der Waals surface area (Å²) in [6, 6.07) is 0. The molecule has 84 valence electrons. The van der Waals surface area contributed by atoms with Crippen molar-refractivity contribution >= 4 is 5.97 Å². The molecule has 1 atom stereocenters. The SMILES string of the molecule is CCCCC(CC)(OCCO)C(=O)O. The Morgan fingerprint density at radius 2 is 2.07 bits per heavy atom. The van der Waals surface area contributed by atoms with Crippen LogP contribution in [-0.2, 0) is 9.53 Å². The first-order valence-corrected chi connectivity index (χ1v) is 5.11. The maximum atomic E-state index is 11.1. The Bertz CT molecular complexity index is 160. The minimum Gasteiger partial charge on any atom is -0.479 e. The molecule has 4 heteroatoms. The Morgan fingerprint density at radius 3 is 2.43 bits per heavy atom. The van der Waals surface area contributed by atoms with Crippen molar-refractivity contribution in [2.24, 2.45) is 0 Å². The number of carboxylic acid groups (broad SMARTS) is 1. The average molecular weight is 204 g/mol. The van der Waals surface area contributed by atoms with Crippen molar-refractivity contribution < 1.29 is 19.7 Å². The molecule has 0 spiro atoms. The molecule has 0 saturated heterocycles. The quantitative estimate of drug-likeness (QED) is 0.627. The Morgan fingerprint density at radius 1 is 1.43 bits per heavy atom. The highest BCUT2D eigenvalue weighted by molar-refractivity contribution is 5.77. The van der Waals surface area contributed by atoms with Crippen molar-refractivity contribution in [2.45, 2.75) is 45.1 Å². The van der Waals surface area contributed by atoms with Gasteiger partial charge in [0.15, 0.2) is 5.60 Å². The molecule has 0 radical (unpaired) electrons. The number of aliphatic hydroxyl groups excluding tert-OH is 1. The molecule has 0 heterocycles. The van der Waals surface area contributed by atoms with E-state index in [0.717, 1.165) is 12.8 Å². The molecule has 0 aliphatic carbocycles. The third kappa shape index (κ3) is 3.64. The van der Waals surface area contributed by atoms with Gasteiger partial charge in [-0.2, -0.15) is 0 Å². The number of unbranched alkanes of at least 4 members (excludes halogenated alkanes) is 1. The van der Waals surface area contributed by atoms with Gasteiger partial charge in [-0.05, 0) is 12.8 Å². The Kier molecular flexibility index (Phi) is 6.49. The number of carbonyl (C=O) groups is 1. The average Bonchev–Trinajstić information content (AvgIpc) is 2.18. The zero-order valence-corrected chi connectivity index (χ0v) is 8.95. The number of rotatable bonds is 8. The summed E-state index contributed by atoms with van der Waals surface area (Å²) in [7, 11) is 0. The van der Waals surface area contributed by atoms with Gasteiger partial charge in [0.05, 0.1) is 13.2 Å². The summed E-state index contributed by atoms with van der Waals surface area (Å²) in [5.41, 5.74) is -1.10. The Labute approximate surface area is 84.9 Å². The summed E-state index contributed by atoms with van der Waals surface area (Å²) in [6.45, 7) is 3.75. The summed E-state index contributed by atoms with van der Waals surface area (Å²) in [5, 5.41) is 17.7. The molecule has 0 bridgehead atoms. The molecule has 0 fully saturated rings. The second kappa shape index (κ2) is 6.79. The van der Waals surface area contributed by atoms with Gasteiger partial charge in [0.1, 0.15) is 0 Å². The highest BCUT2D eigenvalue weighted by Crippen LogP contribution is 2.23. The number of hydrogen-bond acceptors (Lipinski definition) is 3. The summed E-state index contributed by atoms with van der Waals surface area (Å²) in [5.74, 6) is -0.929. The van der Waals surface area contributed by atoms with E-state index in [9.17, 15) is 4.79 Å². The fraction of sp³-hybridized carbons (Fsp3) is 0.900. The predicted molar refractivity (Wildman–Crippen MR) is 53.2 cm³/mol. The fourth-order valence-corrected chi connectivity index (χ4v) is 1.37. The first kappa shape index (κ1) is 13.4. The van der Waals surface area contributed by atoms with Gasteiger partial charge in [0, 0.05) is 0 Å². The lowest BCUT2D eigenvalue weighted by molar-refractivity contribution is -0.169. The van der Waals surface area contributed by atoms with Crippen LogP contribution in [0, 0.1) is 0 Å². The molecule has 0 aromatic heterocycles. The van der Waals surface area contributed by atoms with Crippen LogP contribution in [0.2, 0.25) is 0 Å². The maximum absolute atomic E-state index is 11.1. The third-order valence-electron chi connectivity index (χ3n) is 2.36. The fourth-order valence-electron chi connectivity index (χ4n) is 1.37. The predicted octanol–water partition coefficient (Wildman–Crippen LogP) is 1.42. The number of aliphatic hydroxyl groups is 1. The van der Waals surface area contributed by atoms with E-state index < -0.39 is 11.6 Å². The third-order valence-corrected chi connectivity index (χ3v) is 2.36. The first-order valence-electron chi connectivity index (χ1n) is 5.11. The van der Waals surface area contributed by atoms with Crippen molar-refractivity contribution in [3.8, 4) is 0 Å². The molecular weight excluding hydrogens is 184 g/mol. The lowest BCUT2D eigenvalue weighted by atomic mass is 9.93. The highest BCUT2D eigenvalue weighted by Gasteiger charge is 2.36. The van der Waals surface area contributed by atoms with Crippen LogP contribution in [-0.4, -0.2) is 35.0 Å². The van der Waals surface area contributed by atoms with Crippen molar-refractivity contribution in [3.63, 3.8) is 0 Å². The van der Waals surface area contributed by atoms with E-state index in [2.05, 4.69) is 0 Å². The molecule has 4 nitrogen and oxygen atoms in total.